The van der Waals surface area contributed by atoms with Crippen LogP contribution in [0.25, 0.3) is 11.1 Å². The van der Waals surface area contributed by atoms with Gasteiger partial charge in [-0.1, -0.05) is 0 Å². The molecule has 0 spiro atoms. The number of carbonyl (C=O) groups is 1. The van der Waals surface area contributed by atoms with Crippen molar-refractivity contribution < 1.29 is 22.7 Å². The lowest BCUT2D eigenvalue weighted by atomic mass is 9.92. The van der Waals surface area contributed by atoms with E-state index in [9.17, 15) is 13.2 Å². The number of aromatic nitrogens is 2. The molecule has 1 aromatic carbocycles. The Bertz CT molecular complexity index is 1140. The molecule has 3 heterocycles. The van der Waals surface area contributed by atoms with Crippen molar-refractivity contribution in [2.24, 2.45) is 0 Å². The summed E-state index contributed by atoms with van der Waals surface area (Å²) in [5, 5.41) is 8.01. The smallest absolute Gasteiger partial charge is 0.414 e. The van der Waals surface area contributed by atoms with Gasteiger partial charge in [0.25, 0.3) is 0 Å². The van der Waals surface area contributed by atoms with Crippen LogP contribution in [0.2, 0.25) is 0 Å². The van der Waals surface area contributed by atoms with Crippen molar-refractivity contribution in [2.75, 3.05) is 44.0 Å². The van der Waals surface area contributed by atoms with Crippen molar-refractivity contribution in [2.45, 2.75) is 51.6 Å². The van der Waals surface area contributed by atoms with Gasteiger partial charge in [0.2, 0.25) is 10.0 Å². The van der Waals surface area contributed by atoms with E-state index in [1.165, 1.54) is 7.11 Å². The van der Waals surface area contributed by atoms with Gasteiger partial charge in [0.05, 0.1) is 30.8 Å². The van der Waals surface area contributed by atoms with E-state index in [1.807, 2.05) is 36.1 Å². The number of ether oxygens (including phenoxy) is 2. The molecule has 1 saturated heterocycles. The number of rotatable bonds is 8. The SMILES string of the molecule is CCS(=O)(=O)NCCOc1c(-c2cnn(C3CCNCC3)c2)ccc2c1CC[C@H](C)N2C(=O)OC. The van der Waals surface area contributed by atoms with E-state index in [2.05, 4.69) is 15.1 Å². The third-order valence-electron chi connectivity index (χ3n) is 6.77. The molecule has 2 N–H and O–H groups in total. The van der Waals surface area contributed by atoms with Crippen molar-refractivity contribution in [3.05, 3.63) is 30.1 Å². The van der Waals surface area contributed by atoms with Crippen molar-refractivity contribution >= 4 is 21.8 Å². The fourth-order valence-electron chi connectivity index (χ4n) is 4.77. The third kappa shape index (κ3) is 5.62. The van der Waals surface area contributed by atoms with E-state index in [0.717, 1.165) is 61.2 Å². The molecule has 1 aromatic heterocycles. The summed E-state index contributed by atoms with van der Waals surface area (Å²) in [5.41, 5.74) is 3.48. The van der Waals surface area contributed by atoms with Crippen LogP contribution in [-0.2, 0) is 21.2 Å². The summed E-state index contributed by atoms with van der Waals surface area (Å²) in [6.07, 6.45) is 7.03. The van der Waals surface area contributed by atoms with Crippen LogP contribution < -0.4 is 19.7 Å². The number of piperidine rings is 1. The van der Waals surface area contributed by atoms with Crippen LogP contribution in [0, 0.1) is 0 Å². The molecule has 2 aliphatic heterocycles. The quantitative estimate of drug-likeness (QED) is 0.530. The molecule has 0 bridgehead atoms. The van der Waals surface area contributed by atoms with E-state index >= 15 is 0 Å². The molecule has 4 rings (SSSR count). The summed E-state index contributed by atoms with van der Waals surface area (Å²) in [4.78, 5) is 14.2. The number of anilines is 1. The highest BCUT2D eigenvalue weighted by Crippen LogP contribution is 2.43. The molecule has 1 atom stereocenters. The molecular formula is C24H35N5O5S. The number of carbonyl (C=O) groups excluding carboxylic acids is 1. The second-order valence-corrected chi connectivity index (χ2v) is 11.1. The molecule has 0 saturated carbocycles. The Morgan fingerprint density at radius 3 is 2.74 bits per heavy atom. The lowest BCUT2D eigenvalue weighted by molar-refractivity contribution is 0.175. The number of hydrogen-bond donors (Lipinski definition) is 2. The molecule has 192 valence electrons. The van der Waals surface area contributed by atoms with Crippen molar-refractivity contribution in [1.82, 2.24) is 19.8 Å². The maximum atomic E-state index is 12.6. The fourth-order valence-corrected chi connectivity index (χ4v) is 5.37. The van der Waals surface area contributed by atoms with Crippen molar-refractivity contribution in [3.63, 3.8) is 0 Å². The Morgan fingerprint density at radius 1 is 1.26 bits per heavy atom. The first kappa shape index (κ1) is 25.5. The molecule has 11 heteroatoms. The molecule has 10 nitrogen and oxygen atoms in total. The van der Waals surface area contributed by atoms with E-state index < -0.39 is 16.1 Å². The highest BCUT2D eigenvalue weighted by Gasteiger charge is 2.32. The van der Waals surface area contributed by atoms with E-state index in [-0.39, 0.29) is 24.9 Å². The molecular weight excluding hydrogens is 470 g/mol. The Hall–Kier alpha value is -2.63. The Labute approximate surface area is 207 Å². The minimum Gasteiger partial charge on any atom is -0.491 e. The zero-order valence-electron chi connectivity index (χ0n) is 20.6. The van der Waals surface area contributed by atoms with Gasteiger partial charge in [-0.3, -0.25) is 9.58 Å². The third-order valence-corrected chi connectivity index (χ3v) is 8.17. The first-order valence-corrected chi connectivity index (χ1v) is 13.9. The summed E-state index contributed by atoms with van der Waals surface area (Å²) in [6.45, 7) is 5.86. The summed E-state index contributed by atoms with van der Waals surface area (Å²) in [5.74, 6) is 0.671. The van der Waals surface area contributed by atoms with Crippen LogP contribution in [0.3, 0.4) is 0 Å². The van der Waals surface area contributed by atoms with E-state index in [1.54, 1.807) is 11.8 Å². The number of hydrogen-bond acceptors (Lipinski definition) is 7. The first-order valence-electron chi connectivity index (χ1n) is 12.2. The molecule has 0 radical (unpaired) electrons. The second-order valence-electron chi connectivity index (χ2n) is 9.00. The minimum absolute atomic E-state index is 0.00678. The number of amides is 1. The van der Waals surface area contributed by atoms with Gasteiger partial charge in [0.1, 0.15) is 12.4 Å². The monoisotopic (exact) mass is 505 g/mol. The average molecular weight is 506 g/mol. The fraction of sp³-hybridized carbons (Fsp3) is 0.583. The molecule has 1 amide bonds. The van der Waals surface area contributed by atoms with Gasteiger partial charge < -0.3 is 14.8 Å². The number of benzene rings is 1. The maximum absolute atomic E-state index is 12.6. The Morgan fingerprint density at radius 2 is 2.03 bits per heavy atom. The summed E-state index contributed by atoms with van der Waals surface area (Å²) in [7, 11) is -1.93. The molecule has 2 aromatic rings. The number of methoxy groups -OCH3 is 1. The van der Waals surface area contributed by atoms with Crippen LogP contribution in [0.5, 0.6) is 5.75 Å². The van der Waals surface area contributed by atoms with Crippen LogP contribution in [0.4, 0.5) is 10.5 Å². The summed E-state index contributed by atoms with van der Waals surface area (Å²) < 4.78 is 39.5. The second kappa shape index (κ2) is 11.0. The van der Waals surface area contributed by atoms with Crippen molar-refractivity contribution in [3.8, 4) is 16.9 Å². The van der Waals surface area contributed by atoms with Gasteiger partial charge >= 0.3 is 6.09 Å². The Balaban J connectivity index is 1.68. The molecule has 2 aliphatic rings. The van der Waals surface area contributed by atoms with Gasteiger partial charge in [-0.25, -0.2) is 17.9 Å². The maximum Gasteiger partial charge on any atom is 0.414 e. The van der Waals surface area contributed by atoms with Crippen molar-refractivity contribution in [1.29, 1.82) is 0 Å². The number of nitrogens with one attached hydrogen (secondary N) is 2. The first-order chi connectivity index (χ1) is 16.8. The van der Waals surface area contributed by atoms with Crippen LogP contribution in [0.15, 0.2) is 24.5 Å². The minimum atomic E-state index is -3.31. The topological polar surface area (TPSA) is 115 Å². The number of fused-ring (bicyclic) bond motifs is 1. The van der Waals surface area contributed by atoms with Gasteiger partial charge in [0, 0.05) is 35.5 Å². The van der Waals surface area contributed by atoms with Crippen LogP contribution >= 0.6 is 0 Å². The summed E-state index contributed by atoms with van der Waals surface area (Å²) in [6, 6.07) is 4.23. The number of nitrogens with zero attached hydrogens (tertiary/aromatic N) is 3. The standard InChI is InChI=1S/C24H35N5O5S/c1-4-35(31,32)27-13-14-34-23-20(18-15-26-28(16-18)19-9-11-25-12-10-19)7-8-22-21(23)6-5-17(2)29(22)24(30)33-3/h7-8,15-17,19,25,27H,4-6,9-14H2,1-3H3/t17-/m0/s1. The van der Waals surface area contributed by atoms with Crippen LogP contribution in [0.1, 0.15) is 44.7 Å². The van der Waals surface area contributed by atoms with E-state index in [4.69, 9.17) is 9.47 Å². The lowest BCUT2D eigenvalue weighted by Gasteiger charge is -2.35. The van der Waals surface area contributed by atoms with Gasteiger partial charge in [-0.2, -0.15) is 5.10 Å². The molecule has 0 aliphatic carbocycles. The molecule has 1 fully saturated rings. The predicted molar refractivity (Wildman–Crippen MR) is 134 cm³/mol. The molecule has 0 unspecified atom stereocenters. The van der Waals surface area contributed by atoms with E-state index in [0.29, 0.717) is 11.8 Å². The average Bonchev–Trinajstić information content (AvgIpc) is 3.36. The normalized spacial score (nSPS) is 18.8. The molecule has 35 heavy (non-hydrogen) atoms. The summed E-state index contributed by atoms with van der Waals surface area (Å²) >= 11 is 0. The van der Waals surface area contributed by atoms with Gasteiger partial charge in [0.15, 0.2) is 0 Å². The largest absolute Gasteiger partial charge is 0.491 e. The predicted octanol–water partition coefficient (Wildman–Crippen LogP) is 2.70. The highest BCUT2D eigenvalue weighted by molar-refractivity contribution is 7.89. The van der Waals surface area contributed by atoms with Crippen LogP contribution in [-0.4, -0.2) is 69.4 Å². The highest BCUT2D eigenvalue weighted by atomic mass is 32.2. The zero-order valence-corrected chi connectivity index (χ0v) is 21.4. The zero-order chi connectivity index (χ0) is 25.0. The lowest BCUT2D eigenvalue weighted by Crippen LogP contribution is -2.42. The van der Waals surface area contributed by atoms with Gasteiger partial charge in [-0.05, 0) is 64.8 Å². The Kier molecular flexibility index (Phi) is 7.98. The van der Waals surface area contributed by atoms with Gasteiger partial charge in [-0.15, -0.1) is 0 Å². The number of sulfonamides is 1.